The maximum absolute atomic E-state index is 11.7. The Hall–Kier alpha value is -1.55. The predicted octanol–water partition coefficient (Wildman–Crippen LogP) is 0.744. The van der Waals surface area contributed by atoms with E-state index in [0.29, 0.717) is 0 Å². The van der Waals surface area contributed by atoms with Gasteiger partial charge in [0.05, 0.1) is 13.0 Å². The highest BCUT2D eigenvalue weighted by Crippen LogP contribution is 2.29. The number of methoxy groups -OCH3 is 1. The van der Waals surface area contributed by atoms with Gasteiger partial charge < -0.3 is 15.4 Å². The summed E-state index contributed by atoms with van der Waals surface area (Å²) in [5, 5.41) is 6.00. The van der Waals surface area contributed by atoms with Crippen molar-refractivity contribution in [2.45, 2.75) is 5.92 Å². The lowest BCUT2D eigenvalue weighted by molar-refractivity contribution is -0.124. The third kappa shape index (κ3) is 2.42. The summed E-state index contributed by atoms with van der Waals surface area (Å²) in [6.45, 7) is 1.60. The van der Waals surface area contributed by atoms with Gasteiger partial charge in [0.15, 0.2) is 0 Å². The molecule has 1 heterocycles. The Balaban J connectivity index is 2.17. The lowest BCUT2D eigenvalue weighted by atomic mass is 9.88. The van der Waals surface area contributed by atoms with Crippen LogP contribution in [0.5, 0.6) is 5.75 Å². The van der Waals surface area contributed by atoms with E-state index in [2.05, 4.69) is 10.6 Å². The fraction of sp³-hybridized carbons (Fsp3) is 0.462. The zero-order valence-electron chi connectivity index (χ0n) is 10.2. The summed E-state index contributed by atoms with van der Waals surface area (Å²) in [5.74, 6) is 1.22. The van der Waals surface area contributed by atoms with Crippen molar-refractivity contribution in [2.24, 2.45) is 5.92 Å². The van der Waals surface area contributed by atoms with Crippen LogP contribution in [0.3, 0.4) is 0 Å². The van der Waals surface area contributed by atoms with E-state index in [0.717, 1.165) is 18.8 Å². The zero-order chi connectivity index (χ0) is 12.3. The summed E-state index contributed by atoms with van der Waals surface area (Å²) in [4.78, 5) is 11.7. The maximum atomic E-state index is 11.7. The molecule has 4 heteroatoms. The smallest absolute Gasteiger partial charge is 0.224 e. The quantitative estimate of drug-likeness (QED) is 0.811. The van der Waals surface area contributed by atoms with Crippen molar-refractivity contribution in [3.8, 4) is 5.75 Å². The summed E-state index contributed by atoms with van der Waals surface area (Å²) in [6.07, 6.45) is 0. The molecule has 17 heavy (non-hydrogen) atoms. The first-order chi connectivity index (χ1) is 8.26. The second-order valence-electron chi connectivity index (χ2n) is 4.26. The number of ether oxygens (including phenoxy) is 1. The minimum Gasteiger partial charge on any atom is -0.497 e. The standard InChI is InChI=1S/C13H18N2O2/c1-14-13(16)12-8-15-7-11(12)9-3-5-10(17-2)6-4-9/h3-6,11-12,15H,7-8H2,1-2H3,(H,14,16)/t11-,12+/m0/s1. The molecule has 0 radical (unpaired) electrons. The monoisotopic (exact) mass is 234 g/mol. The fourth-order valence-corrected chi connectivity index (χ4v) is 2.34. The van der Waals surface area contributed by atoms with Crippen LogP contribution in [-0.2, 0) is 4.79 Å². The van der Waals surface area contributed by atoms with Crippen LogP contribution in [0.15, 0.2) is 24.3 Å². The lowest BCUT2D eigenvalue weighted by Gasteiger charge is -2.17. The Labute approximate surface area is 101 Å². The number of benzene rings is 1. The average molecular weight is 234 g/mol. The van der Waals surface area contributed by atoms with Crippen LogP contribution in [0.4, 0.5) is 0 Å². The first-order valence-corrected chi connectivity index (χ1v) is 5.82. The van der Waals surface area contributed by atoms with Gasteiger partial charge in [-0.1, -0.05) is 12.1 Å². The van der Waals surface area contributed by atoms with Crippen LogP contribution in [0.25, 0.3) is 0 Å². The number of hydrogen-bond donors (Lipinski definition) is 2. The van der Waals surface area contributed by atoms with Gasteiger partial charge in [0.1, 0.15) is 5.75 Å². The maximum Gasteiger partial charge on any atom is 0.224 e. The van der Waals surface area contributed by atoms with E-state index < -0.39 is 0 Å². The van der Waals surface area contributed by atoms with E-state index in [9.17, 15) is 4.79 Å². The van der Waals surface area contributed by atoms with Crippen LogP contribution in [0, 0.1) is 5.92 Å². The highest BCUT2D eigenvalue weighted by molar-refractivity contribution is 5.80. The molecule has 1 aromatic carbocycles. The average Bonchev–Trinajstić information content (AvgIpc) is 2.87. The van der Waals surface area contributed by atoms with E-state index >= 15 is 0 Å². The second-order valence-corrected chi connectivity index (χ2v) is 4.26. The molecule has 92 valence electrons. The molecule has 2 rings (SSSR count). The third-order valence-corrected chi connectivity index (χ3v) is 3.34. The molecular weight excluding hydrogens is 216 g/mol. The molecule has 0 spiro atoms. The van der Waals surface area contributed by atoms with Gasteiger partial charge >= 0.3 is 0 Å². The molecule has 0 saturated carbocycles. The summed E-state index contributed by atoms with van der Waals surface area (Å²) in [7, 11) is 3.34. The van der Waals surface area contributed by atoms with Gasteiger partial charge in [0.2, 0.25) is 5.91 Å². The van der Waals surface area contributed by atoms with Crippen molar-refractivity contribution in [2.75, 3.05) is 27.2 Å². The Morgan fingerprint density at radius 3 is 2.65 bits per heavy atom. The third-order valence-electron chi connectivity index (χ3n) is 3.34. The lowest BCUT2D eigenvalue weighted by Crippen LogP contribution is -2.31. The molecule has 1 aromatic rings. The Morgan fingerprint density at radius 2 is 2.06 bits per heavy atom. The van der Waals surface area contributed by atoms with Crippen LogP contribution >= 0.6 is 0 Å². The number of rotatable bonds is 3. The predicted molar refractivity (Wildman–Crippen MR) is 66.2 cm³/mol. The molecule has 2 atom stereocenters. The Kier molecular flexibility index (Phi) is 3.64. The summed E-state index contributed by atoms with van der Waals surface area (Å²) >= 11 is 0. The highest BCUT2D eigenvalue weighted by atomic mass is 16.5. The molecule has 1 aliphatic heterocycles. The van der Waals surface area contributed by atoms with Gasteiger partial charge in [-0.2, -0.15) is 0 Å². The number of hydrogen-bond acceptors (Lipinski definition) is 3. The molecule has 4 nitrogen and oxygen atoms in total. The van der Waals surface area contributed by atoms with Crippen molar-refractivity contribution < 1.29 is 9.53 Å². The summed E-state index contributed by atoms with van der Waals surface area (Å²) in [5.41, 5.74) is 1.18. The van der Waals surface area contributed by atoms with Crippen molar-refractivity contribution in [1.82, 2.24) is 10.6 Å². The van der Waals surface area contributed by atoms with Crippen LogP contribution < -0.4 is 15.4 Å². The number of carbonyl (C=O) groups excluding carboxylic acids is 1. The molecule has 1 amide bonds. The number of nitrogens with one attached hydrogen (secondary N) is 2. The minimum atomic E-state index is 0.0217. The minimum absolute atomic E-state index is 0.0217. The molecule has 1 saturated heterocycles. The van der Waals surface area contributed by atoms with Gasteiger partial charge in [-0.25, -0.2) is 0 Å². The van der Waals surface area contributed by atoms with Gasteiger partial charge in [0.25, 0.3) is 0 Å². The second kappa shape index (κ2) is 5.19. The molecule has 0 aromatic heterocycles. The fourth-order valence-electron chi connectivity index (χ4n) is 2.34. The van der Waals surface area contributed by atoms with Crippen molar-refractivity contribution in [3.63, 3.8) is 0 Å². The van der Waals surface area contributed by atoms with Crippen molar-refractivity contribution in [1.29, 1.82) is 0 Å². The van der Waals surface area contributed by atoms with E-state index in [1.807, 2.05) is 24.3 Å². The molecule has 1 fully saturated rings. The molecular formula is C13H18N2O2. The van der Waals surface area contributed by atoms with Gasteiger partial charge in [0, 0.05) is 26.1 Å². The normalized spacial score (nSPS) is 23.4. The van der Waals surface area contributed by atoms with Crippen molar-refractivity contribution in [3.05, 3.63) is 29.8 Å². The number of carbonyl (C=O) groups is 1. The van der Waals surface area contributed by atoms with Gasteiger partial charge in [-0.15, -0.1) is 0 Å². The SMILES string of the molecule is CNC(=O)[C@@H]1CNC[C@H]1c1ccc(OC)cc1. The molecule has 0 bridgehead atoms. The largest absolute Gasteiger partial charge is 0.497 e. The van der Waals surface area contributed by atoms with Crippen molar-refractivity contribution >= 4 is 5.91 Å². The van der Waals surface area contributed by atoms with E-state index in [1.54, 1.807) is 14.2 Å². The molecule has 2 N–H and O–H groups in total. The van der Waals surface area contributed by atoms with Crippen LogP contribution in [-0.4, -0.2) is 33.2 Å². The molecule has 0 aliphatic carbocycles. The Morgan fingerprint density at radius 1 is 1.35 bits per heavy atom. The zero-order valence-corrected chi connectivity index (χ0v) is 10.2. The summed E-state index contributed by atoms with van der Waals surface area (Å²) in [6, 6.07) is 7.95. The van der Waals surface area contributed by atoms with Gasteiger partial charge in [-0.05, 0) is 17.7 Å². The van der Waals surface area contributed by atoms with Crippen LogP contribution in [0.2, 0.25) is 0 Å². The van der Waals surface area contributed by atoms with E-state index in [-0.39, 0.29) is 17.7 Å². The van der Waals surface area contributed by atoms with Crippen LogP contribution in [0.1, 0.15) is 11.5 Å². The highest BCUT2D eigenvalue weighted by Gasteiger charge is 2.33. The van der Waals surface area contributed by atoms with E-state index in [1.165, 1.54) is 5.56 Å². The number of amides is 1. The molecule has 1 aliphatic rings. The molecule has 0 unspecified atom stereocenters. The summed E-state index contributed by atoms with van der Waals surface area (Å²) < 4.78 is 5.13. The Bertz CT molecular complexity index is 389. The topological polar surface area (TPSA) is 50.4 Å². The first kappa shape index (κ1) is 11.9. The van der Waals surface area contributed by atoms with E-state index in [4.69, 9.17) is 4.74 Å². The van der Waals surface area contributed by atoms with Gasteiger partial charge in [-0.3, -0.25) is 4.79 Å². The first-order valence-electron chi connectivity index (χ1n) is 5.82.